The van der Waals surface area contributed by atoms with E-state index in [1.54, 1.807) is 0 Å². The Morgan fingerprint density at radius 2 is 1.71 bits per heavy atom. The maximum atomic E-state index is 12.8. The Bertz CT molecular complexity index is 453. The highest BCUT2D eigenvalue weighted by molar-refractivity contribution is 5.86. The molecule has 0 bridgehead atoms. The van der Waals surface area contributed by atoms with Crippen LogP contribution >= 0.6 is 0 Å². The molecule has 0 unspecified atom stereocenters. The molecule has 6 heteroatoms. The number of hydrogen-bond donors (Lipinski definition) is 2. The lowest BCUT2D eigenvalue weighted by molar-refractivity contribution is -0.139. The lowest BCUT2D eigenvalue weighted by Crippen LogP contribution is -2.37. The van der Waals surface area contributed by atoms with Crippen molar-refractivity contribution >= 4 is 11.6 Å². The first kappa shape index (κ1) is 13.3. The standard InChI is InChI=1S/C11H13F3N2O/c1-10(2,9(16)17)7-4-3-6(15)5-8(7)11(12,13)14/h3-5H,15H2,1-2H3,(H2,16,17). The molecule has 0 saturated carbocycles. The van der Waals surface area contributed by atoms with Crippen LogP contribution in [0.15, 0.2) is 18.2 Å². The Morgan fingerprint density at radius 3 is 2.12 bits per heavy atom. The molecule has 94 valence electrons. The van der Waals surface area contributed by atoms with Crippen molar-refractivity contribution in [1.82, 2.24) is 0 Å². The van der Waals surface area contributed by atoms with Gasteiger partial charge in [-0.1, -0.05) is 6.07 Å². The highest BCUT2D eigenvalue weighted by Gasteiger charge is 2.40. The molecule has 0 spiro atoms. The Hall–Kier alpha value is -1.72. The SMILES string of the molecule is CC(C)(C(N)=O)c1ccc(N)cc1C(F)(F)F. The Labute approximate surface area is 96.6 Å². The van der Waals surface area contributed by atoms with Gasteiger partial charge in [-0.05, 0) is 31.5 Å². The molecule has 0 heterocycles. The summed E-state index contributed by atoms with van der Waals surface area (Å²) in [6, 6.07) is 3.30. The first-order valence-electron chi connectivity index (χ1n) is 4.84. The zero-order chi connectivity index (χ0) is 13.4. The molecule has 1 aromatic rings. The third-order valence-corrected chi connectivity index (χ3v) is 2.64. The number of nitrogens with two attached hydrogens (primary N) is 2. The summed E-state index contributed by atoms with van der Waals surface area (Å²) in [5.41, 5.74) is 7.92. The average molecular weight is 246 g/mol. The van der Waals surface area contributed by atoms with E-state index < -0.39 is 23.1 Å². The van der Waals surface area contributed by atoms with Gasteiger partial charge < -0.3 is 11.5 Å². The zero-order valence-corrected chi connectivity index (χ0v) is 9.43. The smallest absolute Gasteiger partial charge is 0.399 e. The number of rotatable bonds is 2. The molecule has 1 aromatic carbocycles. The molecular weight excluding hydrogens is 233 g/mol. The Kier molecular flexibility index (Phi) is 3.09. The molecule has 0 atom stereocenters. The van der Waals surface area contributed by atoms with Crippen LogP contribution < -0.4 is 11.5 Å². The maximum absolute atomic E-state index is 12.8. The van der Waals surface area contributed by atoms with E-state index in [9.17, 15) is 18.0 Å². The van der Waals surface area contributed by atoms with Crippen molar-refractivity contribution in [3.63, 3.8) is 0 Å². The Morgan fingerprint density at radius 1 is 1.18 bits per heavy atom. The number of amides is 1. The number of nitrogen functional groups attached to an aromatic ring is 1. The predicted octanol–water partition coefficient (Wildman–Crippen LogP) is 2.05. The van der Waals surface area contributed by atoms with Crippen molar-refractivity contribution in [3.8, 4) is 0 Å². The van der Waals surface area contributed by atoms with Gasteiger partial charge in [0, 0.05) is 5.69 Å². The van der Waals surface area contributed by atoms with Crippen LogP contribution in [0.4, 0.5) is 18.9 Å². The molecular formula is C11H13F3N2O. The molecule has 0 saturated heterocycles. The van der Waals surface area contributed by atoms with Crippen LogP contribution in [0.3, 0.4) is 0 Å². The second-order valence-corrected chi connectivity index (χ2v) is 4.29. The summed E-state index contributed by atoms with van der Waals surface area (Å²) in [6.07, 6.45) is -4.57. The third kappa shape index (κ3) is 2.51. The van der Waals surface area contributed by atoms with Crippen LogP contribution in [-0.4, -0.2) is 5.91 Å². The van der Waals surface area contributed by atoms with Gasteiger partial charge in [0.05, 0.1) is 11.0 Å². The van der Waals surface area contributed by atoms with Crippen molar-refractivity contribution in [2.75, 3.05) is 5.73 Å². The summed E-state index contributed by atoms with van der Waals surface area (Å²) in [5.74, 6) is -0.826. The quantitative estimate of drug-likeness (QED) is 0.784. The first-order chi connectivity index (χ1) is 7.56. The summed E-state index contributed by atoms with van der Waals surface area (Å²) in [6.45, 7) is 2.69. The number of hydrogen-bond acceptors (Lipinski definition) is 2. The van der Waals surface area contributed by atoms with Gasteiger partial charge in [-0.25, -0.2) is 0 Å². The normalized spacial score (nSPS) is 12.5. The van der Waals surface area contributed by atoms with Gasteiger partial charge in [-0.2, -0.15) is 13.2 Å². The lowest BCUT2D eigenvalue weighted by atomic mass is 9.81. The van der Waals surface area contributed by atoms with Gasteiger partial charge in [0.15, 0.2) is 0 Å². The molecule has 1 rings (SSSR count). The minimum Gasteiger partial charge on any atom is -0.399 e. The van der Waals surface area contributed by atoms with Gasteiger partial charge in [0.25, 0.3) is 0 Å². The second kappa shape index (κ2) is 3.94. The van der Waals surface area contributed by atoms with E-state index in [0.717, 1.165) is 6.07 Å². The van der Waals surface area contributed by atoms with E-state index in [4.69, 9.17) is 11.5 Å². The van der Waals surface area contributed by atoms with Gasteiger partial charge in [0.1, 0.15) is 0 Å². The molecule has 1 amide bonds. The van der Waals surface area contributed by atoms with Gasteiger partial charge in [-0.3, -0.25) is 4.79 Å². The number of anilines is 1. The predicted molar refractivity (Wildman–Crippen MR) is 58.1 cm³/mol. The molecule has 3 nitrogen and oxygen atoms in total. The number of alkyl halides is 3. The lowest BCUT2D eigenvalue weighted by Gasteiger charge is -2.25. The minimum atomic E-state index is -4.57. The van der Waals surface area contributed by atoms with E-state index in [1.165, 1.54) is 26.0 Å². The van der Waals surface area contributed by atoms with E-state index in [0.29, 0.717) is 0 Å². The van der Waals surface area contributed by atoms with Gasteiger partial charge >= 0.3 is 6.18 Å². The average Bonchev–Trinajstić information content (AvgIpc) is 2.15. The highest BCUT2D eigenvalue weighted by Crippen LogP contribution is 2.38. The summed E-state index contributed by atoms with van der Waals surface area (Å²) in [4.78, 5) is 11.2. The van der Waals surface area contributed by atoms with Crippen LogP contribution in [0.1, 0.15) is 25.0 Å². The Balaban J connectivity index is 3.50. The van der Waals surface area contributed by atoms with Crippen molar-refractivity contribution < 1.29 is 18.0 Å². The van der Waals surface area contributed by atoms with E-state index >= 15 is 0 Å². The fourth-order valence-electron chi connectivity index (χ4n) is 1.47. The molecule has 0 radical (unpaired) electrons. The largest absolute Gasteiger partial charge is 0.416 e. The highest BCUT2D eigenvalue weighted by atomic mass is 19.4. The van der Waals surface area contributed by atoms with Crippen molar-refractivity contribution in [2.24, 2.45) is 5.73 Å². The number of benzene rings is 1. The van der Waals surface area contributed by atoms with Gasteiger partial charge in [0.2, 0.25) is 5.91 Å². The van der Waals surface area contributed by atoms with Crippen molar-refractivity contribution in [3.05, 3.63) is 29.3 Å². The second-order valence-electron chi connectivity index (χ2n) is 4.29. The van der Waals surface area contributed by atoms with Gasteiger partial charge in [-0.15, -0.1) is 0 Å². The van der Waals surface area contributed by atoms with Crippen molar-refractivity contribution in [2.45, 2.75) is 25.4 Å². The van der Waals surface area contributed by atoms with Crippen LogP contribution in [0.2, 0.25) is 0 Å². The first-order valence-corrected chi connectivity index (χ1v) is 4.84. The maximum Gasteiger partial charge on any atom is 0.416 e. The summed E-state index contributed by atoms with van der Waals surface area (Å²) in [7, 11) is 0. The fourth-order valence-corrected chi connectivity index (χ4v) is 1.47. The van der Waals surface area contributed by atoms with Crippen LogP contribution in [0.5, 0.6) is 0 Å². The topological polar surface area (TPSA) is 69.1 Å². The molecule has 0 fully saturated rings. The third-order valence-electron chi connectivity index (χ3n) is 2.64. The summed E-state index contributed by atoms with van der Waals surface area (Å²) >= 11 is 0. The number of halogens is 3. The number of carbonyl (C=O) groups is 1. The van der Waals surface area contributed by atoms with E-state index in [2.05, 4.69) is 0 Å². The van der Waals surface area contributed by atoms with Crippen LogP contribution in [0.25, 0.3) is 0 Å². The van der Waals surface area contributed by atoms with Crippen molar-refractivity contribution in [1.29, 1.82) is 0 Å². The van der Waals surface area contributed by atoms with Crippen LogP contribution in [-0.2, 0) is 16.4 Å². The number of primary amides is 1. The van der Waals surface area contributed by atoms with Crippen LogP contribution in [0, 0.1) is 0 Å². The fraction of sp³-hybridized carbons (Fsp3) is 0.364. The zero-order valence-electron chi connectivity index (χ0n) is 9.43. The van der Waals surface area contributed by atoms with E-state index in [1.807, 2.05) is 0 Å². The monoisotopic (exact) mass is 246 g/mol. The molecule has 0 aliphatic heterocycles. The molecule has 0 aliphatic carbocycles. The number of carbonyl (C=O) groups excluding carboxylic acids is 1. The minimum absolute atomic E-state index is 0.0126. The molecule has 0 aromatic heterocycles. The summed E-state index contributed by atoms with van der Waals surface area (Å²) < 4.78 is 38.4. The summed E-state index contributed by atoms with van der Waals surface area (Å²) in [5, 5.41) is 0. The molecule has 0 aliphatic rings. The van der Waals surface area contributed by atoms with E-state index in [-0.39, 0.29) is 11.3 Å². The molecule has 17 heavy (non-hydrogen) atoms. The molecule has 4 N–H and O–H groups in total.